The summed E-state index contributed by atoms with van der Waals surface area (Å²) in [6.45, 7) is 6.25. The van der Waals surface area contributed by atoms with E-state index in [1.165, 1.54) is 0 Å². The molecule has 0 radical (unpaired) electrons. The smallest absolute Gasteiger partial charge is 0.0890 e. The van der Waals surface area contributed by atoms with Crippen LogP contribution in [0.3, 0.4) is 0 Å². The molecule has 1 unspecified atom stereocenters. The van der Waals surface area contributed by atoms with Gasteiger partial charge in [0.2, 0.25) is 0 Å². The Kier molecular flexibility index (Phi) is 3.63. The number of fused-ring (bicyclic) bond motifs is 1. The predicted molar refractivity (Wildman–Crippen MR) is 72.5 cm³/mol. The van der Waals surface area contributed by atoms with Crippen molar-refractivity contribution >= 4 is 22.6 Å². The first-order chi connectivity index (χ1) is 8.08. The molecule has 0 saturated carbocycles. The number of alkyl halides is 1. The molecule has 17 heavy (non-hydrogen) atoms. The van der Waals surface area contributed by atoms with E-state index < -0.39 is 0 Å². The van der Waals surface area contributed by atoms with Gasteiger partial charge in [0.05, 0.1) is 22.4 Å². The number of halogens is 1. The molecule has 0 aliphatic heterocycles. The molecule has 0 amide bonds. The van der Waals surface area contributed by atoms with Gasteiger partial charge >= 0.3 is 0 Å². The second-order valence-electron chi connectivity index (χ2n) is 4.71. The van der Waals surface area contributed by atoms with Crippen LogP contribution in [0.15, 0.2) is 24.3 Å². The van der Waals surface area contributed by atoms with Crippen LogP contribution in [0.25, 0.3) is 11.0 Å². The van der Waals surface area contributed by atoms with Crippen molar-refractivity contribution in [1.82, 2.24) is 9.97 Å². The maximum atomic E-state index is 6.31. The maximum Gasteiger partial charge on any atom is 0.0890 e. The van der Waals surface area contributed by atoms with Gasteiger partial charge < -0.3 is 0 Å². The van der Waals surface area contributed by atoms with Gasteiger partial charge in [0, 0.05) is 11.8 Å². The van der Waals surface area contributed by atoms with Crippen molar-refractivity contribution in [3.63, 3.8) is 0 Å². The summed E-state index contributed by atoms with van der Waals surface area (Å²) in [5.74, 6) is 0.448. The van der Waals surface area contributed by atoms with Crippen molar-refractivity contribution in [3.8, 4) is 0 Å². The lowest BCUT2D eigenvalue weighted by Crippen LogP contribution is -2.13. The Bertz CT molecular complexity index is 523. The van der Waals surface area contributed by atoms with Gasteiger partial charge in [-0.2, -0.15) is 0 Å². The van der Waals surface area contributed by atoms with E-state index in [9.17, 15) is 0 Å². The van der Waals surface area contributed by atoms with E-state index in [0.717, 1.165) is 28.8 Å². The van der Waals surface area contributed by atoms with Gasteiger partial charge in [0.15, 0.2) is 0 Å². The summed E-state index contributed by atoms with van der Waals surface area (Å²) in [4.78, 5) is 9.22. The summed E-state index contributed by atoms with van der Waals surface area (Å²) in [6, 6.07) is 7.94. The number of para-hydroxylation sites is 2. The number of hydrogen-bond donors (Lipinski definition) is 0. The van der Waals surface area contributed by atoms with Crippen LogP contribution < -0.4 is 0 Å². The highest BCUT2D eigenvalue weighted by Crippen LogP contribution is 2.18. The van der Waals surface area contributed by atoms with Crippen LogP contribution in [-0.4, -0.2) is 15.3 Å². The highest BCUT2D eigenvalue weighted by Gasteiger charge is 2.14. The highest BCUT2D eigenvalue weighted by molar-refractivity contribution is 6.20. The van der Waals surface area contributed by atoms with E-state index in [-0.39, 0.29) is 5.38 Å². The van der Waals surface area contributed by atoms with Crippen molar-refractivity contribution in [2.24, 2.45) is 5.92 Å². The highest BCUT2D eigenvalue weighted by atomic mass is 35.5. The number of benzene rings is 1. The molecule has 1 atom stereocenters. The summed E-state index contributed by atoms with van der Waals surface area (Å²) in [6.07, 6.45) is 0.781. The Morgan fingerprint density at radius 3 is 2.29 bits per heavy atom. The van der Waals surface area contributed by atoms with Crippen molar-refractivity contribution in [2.75, 3.05) is 0 Å². The van der Waals surface area contributed by atoms with E-state index in [1.807, 2.05) is 31.2 Å². The van der Waals surface area contributed by atoms with Crippen LogP contribution in [-0.2, 0) is 6.42 Å². The summed E-state index contributed by atoms with van der Waals surface area (Å²) in [5, 5.41) is 0.115. The molecule has 0 saturated heterocycles. The first-order valence-corrected chi connectivity index (χ1v) is 6.38. The SMILES string of the molecule is Cc1nc2ccccc2nc1CC(Cl)C(C)C. The largest absolute Gasteiger partial charge is 0.250 e. The third-order valence-electron chi connectivity index (χ3n) is 2.95. The molecule has 0 aliphatic carbocycles. The van der Waals surface area contributed by atoms with E-state index in [4.69, 9.17) is 11.6 Å². The minimum absolute atomic E-state index is 0.115. The topological polar surface area (TPSA) is 25.8 Å². The molecule has 2 aromatic rings. The first-order valence-electron chi connectivity index (χ1n) is 5.94. The van der Waals surface area contributed by atoms with Gasteiger partial charge in [-0.15, -0.1) is 11.6 Å². The first kappa shape index (κ1) is 12.3. The van der Waals surface area contributed by atoms with Gasteiger partial charge in [-0.3, -0.25) is 0 Å². The third kappa shape index (κ3) is 2.75. The van der Waals surface area contributed by atoms with E-state index in [1.54, 1.807) is 0 Å². The van der Waals surface area contributed by atoms with Crippen molar-refractivity contribution in [3.05, 3.63) is 35.7 Å². The molecule has 1 heterocycles. The summed E-state index contributed by atoms with van der Waals surface area (Å²) in [5.41, 5.74) is 3.89. The standard InChI is InChI=1S/C14H17ClN2/c1-9(2)11(15)8-14-10(3)16-12-6-4-5-7-13(12)17-14/h4-7,9,11H,8H2,1-3H3. The Labute approximate surface area is 107 Å². The quantitative estimate of drug-likeness (QED) is 0.774. The minimum atomic E-state index is 0.115. The molecule has 1 aromatic heterocycles. The van der Waals surface area contributed by atoms with Crippen LogP contribution in [0.4, 0.5) is 0 Å². The van der Waals surface area contributed by atoms with Gasteiger partial charge in [-0.05, 0) is 25.0 Å². The number of aryl methyl sites for hydroxylation is 1. The molecule has 2 rings (SSSR count). The van der Waals surface area contributed by atoms with Crippen LogP contribution in [0, 0.1) is 12.8 Å². The van der Waals surface area contributed by atoms with Gasteiger partial charge in [-0.1, -0.05) is 26.0 Å². The molecule has 0 spiro atoms. The lowest BCUT2D eigenvalue weighted by atomic mass is 10.0. The maximum absolute atomic E-state index is 6.31. The van der Waals surface area contributed by atoms with Crippen LogP contribution in [0.2, 0.25) is 0 Å². The van der Waals surface area contributed by atoms with Crippen LogP contribution in [0.1, 0.15) is 25.2 Å². The summed E-state index contributed by atoms with van der Waals surface area (Å²) >= 11 is 6.31. The zero-order chi connectivity index (χ0) is 12.4. The molecule has 2 nitrogen and oxygen atoms in total. The molecular formula is C14H17ClN2. The average Bonchev–Trinajstić information content (AvgIpc) is 2.29. The second-order valence-corrected chi connectivity index (χ2v) is 5.27. The lowest BCUT2D eigenvalue weighted by Gasteiger charge is -2.14. The number of hydrogen-bond acceptors (Lipinski definition) is 2. The Balaban J connectivity index is 2.37. The summed E-state index contributed by atoms with van der Waals surface area (Å²) in [7, 11) is 0. The molecule has 3 heteroatoms. The Morgan fingerprint density at radius 2 is 1.71 bits per heavy atom. The van der Waals surface area contributed by atoms with Crippen molar-refractivity contribution < 1.29 is 0 Å². The Hall–Kier alpha value is -1.15. The fraction of sp³-hybridized carbons (Fsp3) is 0.429. The molecular weight excluding hydrogens is 232 g/mol. The van der Waals surface area contributed by atoms with E-state index in [0.29, 0.717) is 5.92 Å². The number of aromatic nitrogens is 2. The zero-order valence-corrected chi connectivity index (χ0v) is 11.2. The van der Waals surface area contributed by atoms with Gasteiger partial charge in [-0.25, -0.2) is 9.97 Å². The van der Waals surface area contributed by atoms with Crippen molar-refractivity contribution in [2.45, 2.75) is 32.6 Å². The lowest BCUT2D eigenvalue weighted by molar-refractivity contribution is 0.589. The Morgan fingerprint density at radius 1 is 1.12 bits per heavy atom. The third-order valence-corrected chi connectivity index (χ3v) is 3.61. The molecule has 90 valence electrons. The number of rotatable bonds is 3. The average molecular weight is 249 g/mol. The number of nitrogens with zero attached hydrogens (tertiary/aromatic N) is 2. The molecule has 1 aromatic carbocycles. The van der Waals surface area contributed by atoms with E-state index in [2.05, 4.69) is 23.8 Å². The second kappa shape index (κ2) is 5.01. The van der Waals surface area contributed by atoms with Crippen molar-refractivity contribution in [1.29, 1.82) is 0 Å². The van der Waals surface area contributed by atoms with E-state index >= 15 is 0 Å². The zero-order valence-electron chi connectivity index (χ0n) is 10.4. The summed E-state index contributed by atoms with van der Waals surface area (Å²) < 4.78 is 0. The normalized spacial score (nSPS) is 13.2. The molecule has 0 bridgehead atoms. The molecule has 0 fully saturated rings. The van der Waals surface area contributed by atoms with Gasteiger partial charge in [0.1, 0.15) is 0 Å². The molecule has 0 N–H and O–H groups in total. The fourth-order valence-electron chi connectivity index (χ4n) is 1.74. The van der Waals surface area contributed by atoms with Crippen LogP contribution in [0.5, 0.6) is 0 Å². The minimum Gasteiger partial charge on any atom is -0.250 e. The fourth-order valence-corrected chi connectivity index (χ4v) is 1.88. The van der Waals surface area contributed by atoms with Crippen LogP contribution >= 0.6 is 11.6 Å². The van der Waals surface area contributed by atoms with Gasteiger partial charge in [0.25, 0.3) is 0 Å². The monoisotopic (exact) mass is 248 g/mol. The predicted octanol–water partition coefficient (Wildman–Crippen LogP) is 3.74. The molecule has 0 aliphatic rings.